The van der Waals surface area contributed by atoms with Crippen LogP contribution in [0.5, 0.6) is 0 Å². The Morgan fingerprint density at radius 2 is 1.59 bits per heavy atom. The summed E-state index contributed by atoms with van der Waals surface area (Å²) in [6, 6.07) is 12.1. The topological polar surface area (TPSA) is 119 Å². The summed E-state index contributed by atoms with van der Waals surface area (Å²) >= 11 is 0. The first-order chi connectivity index (χ1) is 17.0. The van der Waals surface area contributed by atoms with E-state index in [4.69, 9.17) is 9.84 Å². The molecule has 0 aliphatic heterocycles. The minimum atomic E-state index is -4.72. The fraction of sp³-hybridized carbons (Fsp3) is 0.292. The first-order valence-electron chi connectivity index (χ1n) is 10.8. The summed E-state index contributed by atoms with van der Waals surface area (Å²) in [5.41, 5.74) is -0.677. The molecule has 0 aliphatic rings. The van der Waals surface area contributed by atoms with Crippen LogP contribution in [0.15, 0.2) is 59.5 Å². The van der Waals surface area contributed by atoms with Gasteiger partial charge in [-0.3, -0.25) is 4.79 Å². The molecule has 0 atom stereocenters. The predicted molar refractivity (Wildman–Crippen MR) is 127 cm³/mol. The Morgan fingerprint density at radius 3 is 2.08 bits per heavy atom. The van der Waals surface area contributed by atoms with Crippen molar-refractivity contribution in [3.05, 3.63) is 65.9 Å². The van der Waals surface area contributed by atoms with Crippen molar-refractivity contribution in [3.8, 4) is 16.9 Å². The third-order valence-electron chi connectivity index (χ3n) is 4.89. The number of rotatable bonds is 6. The fourth-order valence-corrected chi connectivity index (χ4v) is 4.46. The maximum Gasteiger partial charge on any atom is 0.435 e. The molecular weight excluding hydrogens is 515 g/mol. The van der Waals surface area contributed by atoms with E-state index in [2.05, 4.69) is 5.10 Å². The second-order valence-electron chi connectivity index (χ2n) is 9.07. The Kier molecular flexibility index (Phi) is 7.40. The molecular formula is C24H24F3N3O6S. The summed E-state index contributed by atoms with van der Waals surface area (Å²) in [5.74, 6) is -1.59. The number of aryl methyl sites for hydroxylation is 1. The van der Waals surface area contributed by atoms with Gasteiger partial charge in [0.05, 0.1) is 16.3 Å². The van der Waals surface area contributed by atoms with E-state index in [1.807, 2.05) is 6.92 Å². The standard InChI is InChI=1S/C24H24F3N3O6S/c1-15-5-7-16(8-6-15)19-13-20(24(25,26)27)28-30(19)17-9-11-18(12-10-17)37(34,35)29(14-21(31)32)22(33)36-23(2,3)4/h5-13H,14H2,1-4H3,(H,31,32). The van der Waals surface area contributed by atoms with E-state index in [0.29, 0.717) is 5.56 Å². The van der Waals surface area contributed by atoms with Crippen LogP contribution < -0.4 is 0 Å². The second-order valence-corrected chi connectivity index (χ2v) is 10.9. The minimum Gasteiger partial charge on any atom is -0.480 e. The van der Waals surface area contributed by atoms with Crippen molar-refractivity contribution in [2.75, 3.05) is 6.54 Å². The Balaban J connectivity index is 2.05. The summed E-state index contributed by atoms with van der Waals surface area (Å²) in [7, 11) is -4.68. The average molecular weight is 540 g/mol. The number of aliphatic carboxylic acids is 1. The van der Waals surface area contributed by atoms with Crippen molar-refractivity contribution in [1.29, 1.82) is 0 Å². The van der Waals surface area contributed by atoms with E-state index in [1.165, 1.54) is 32.9 Å². The monoisotopic (exact) mass is 539 g/mol. The van der Waals surface area contributed by atoms with E-state index in [-0.39, 0.29) is 15.7 Å². The molecule has 1 heterocycles. The maximum absolute atomic E-state index is 13.4. The van der Waals surface area contributed by atoms with Gasteiger partial charge < -0.3 is 9.84 Å². The zero-order valence-electron chi connectivity index (χ0n) is 20.3. The molecule has 0 unspecified atom stereocenters. The van der Waals surface area contributed by atoms with Crippen molar-refractivity contribution >= 4 is 22.1 Å². The van der Waals surface area contributed by atoms with Gasteiger partial charge in [0.2, 0.25) is 0 Å². The highest BCUT2D eigenvalue weighted by molar-refractivity contribution is 7.89. The molecule has 198 valence electrons. The maximum atomic E-state index is 13.4. The SMILES string of the molecule is Cc1ccc(-c2cc(C(F)(F)F)nn2-c2ccc(S(=O)(=O)N(CC(=O)O)C(=O)OC(C)(C)C)cc2)cc1. The number of carboxylic acid groups (broad SMARTS) is 1. The largest absolute Gasteiger partial charge is 0.480 e. The lowest BCUT2D eigenvalue weighted by Gasteiger charge is -2.26. The number of sulfonamides is 1. The van der Waals surface area contributed by atoms with Crippen LogP contribution in [0, 0.1) is 6.92 Å². The number of aromatic nitrogens is 2. The number of alkyl halides is 3. The number of ether oxygens (including phenoxy) is 1. The van der Waals surface area contributed by atoms with Crippen molar-refractivity contribution in [2.45, 2.75) is 44.4 Å². The normalized spacial score (nSPS) is 12.3. The molecule has 1 amide bonds. The molecule has 1 N–H and O–H groups in total. The summed E-state index contributed by atoms with van der Waals surface area (Å²) in [4.78, 5) is 23.3. The van der Waals surface area contributed by atoms with Gasteiger partial charge in [0.15, 0.2) is 5.69 Å². The minimum absolute atomic E-state index is 0.0724. The zero-order chi connectivity index (χ0) is 27.8. The van der Waals surface area contributed by atoms with Crippen molar-refractivity contribution < 1.29 is 41.0 Å². The van der Waals surface area contributed by atoms with Crippen LogP contribution in [0.2, 0.25) is 0 Å². The number of carbonyl (C=O) groups excluding carboxylic acids is 1. The Hall–Kier alpha value is -3.87. The summed E-state index contributed by atoms with van der Waals surface area (Å²) in [6.07, 6.45) is -6.11. The van der Waals surface area contributed by atoms with Crippen LogP contribution >= 0.6 is 0 Å². The lowest BCUT2D eigenvalue weighted by Crippen LogP contribution is -2.43. The summed E-state index contributed by atoms with van der Waals surface area (Å²) in [6.45, 7) is 5.08. The number of carboxylic acids is 1. The predicted octanol–water partition coefficient (Wildman–Crippen LogP) is 4.88. The van der Waals surface area contributed by atoms with Gasteiger partial charge in [0.25, 0.3) is 10.0 Å². The van der Waals surface area contributed by atoms with E-state index >= 15 is 0 Å². The lowest BCUT2D eigenvalue weighted by atomic mass is 10.1. The second kappa shape index (κ2) is 9.88. The van der Waals surface area contributed by atoms with Crippen LogP contribution in [0.25, 0.3) is 16.9 Å². The van der Waals surface area contributed by atoms with Gasteiger partial charge in [0.1, 0.15) is 12.1 Å². The smallest absolute Gasteiger partial charge is 0.435 e. The Bertz CT molecular complexity index is 1410. The molecule has 3 aromatic rings. The van der Waals surface area contributed by atoms with Gasteiger partial charge in [-0.05, 0) is 58.0 Å². The number of amides is 1. The Morgan fingerprint density at radius 1 is 1.03 bits per heavy atom. The van der Waals surface area contributed by atoms with Crippen LogP contribution in [0.4, 0.5) is 18.0 Å². The molecule has 9 nitrogen and oxygen atoms in total. The number of hydrogen-bond donors (Lipinski definition) is 1. The first-order valence-corrected chi connectivity index (χ1v) is 12.3. The molecule has 0 fully saturated rings. The van der Waals surface area contributed by atoms with Crippen molar-refractivity contribution in [2.24, 2.45) is 0 Å². The molecule has 0 aliphatic carbocycles. The van der Waals surface area contributed by atoms with Gasteiger partial charge in [-0.15, -0.1) is 0 Å². The highest BCUT2D eigenvalue weighted by atomic mass is 32.2. The van der Waals surface area contributed by atoms with E-state index in [1.54, 1.807) is 24.3 Å². The third-order valence-corrected chi connectivity index (χ3v) is 6.62. The Labute approximate surface area is 211 Å². The van der Waals surface area contributed by atoms with Gasteiger partial charge in [-0.25, -0.2) is 17.9 Å². The van der Waals surface area contributed by atoms with E-state index in [0.717, 1.165) is 28.4 Å². The molecule has 0 saturated heterocycles. The molecule has 2 aromatic carbocycles. The van der Waals surface area contributed by atoms with Gasteiger partial charge in [0, 0.05) is 5.56 Å². The molecule has 0 radical (unpaired) electrons. The average Bonchev–Trinajstić information content (AvgIpc) is 3.23. The van der Waals surface area contributed by atoms with E-state index < -0.39 is 51.0 Å². The molecule has 3 rings (SSSR count). The highest BCUT2D eigenvalue weighted by Gasteiger charge is 2.36. The molecule has 0 saturated carbocycles. The zero-order valence-corrected chi connectivity index (χ0v) is 21.1. The number of carbonyl (C=O) groups is 2. The first kappa shape index (κ1) is 27.7. The third kappa shape index (κ3) is 6.47. The highest BCUT2D eigenvalue weighted by Crippen LogP contribution is 2.33. The lowest BCUT2D eigenvalue weighted by molar-refractivity contribution is -0.141. The van der Waals surface area contributed by atoms with Gasteiger partial charge >= 0.3 is 18.2 Å². The fourth-order valence-electron chi connectivity index (χ4n) is 3.22. The van der Waals surface area contributed by atoms with Gasteiger partial charge in [-0.1, -0.05) is 29.8 Å². The molecule has 0 bridgehead atoms. The molecule has 13 heteroatoms. The van der Waals surface area contributed by atoms with Crippen LogP contribution in [0.3, 0.4) is 0 Å². The van der Waals surface area contributed by atoms with Gasteiger partial charge in [-0.2, -0.15) is 22.6 Å². The van der Waals surface area contributed by atoms with Crippen LogP contribution in [0.1, 0.15) is 32.0 Å². The number of halogens is 3. The van der Waals surface area contributed by atoms with Crippen molar-refractivity contribution in [3.63, 3.8) is 0 Å². The van der Waals surface area contributed by atoms with Crippen LogP contribution in [-0.2, 0) is 25.7 Å². The number of nitrogens with zero attached hydrogens (tertiary/aromatic N) is 3. The number of hydrogen-bond acceptors (Lipinski definition) is 6. The molecule has 1 aromatic heterocycles. The molecule has 0 spiro atoms. The number of benzene rings is 2. The van der Waals surface area contributed by atoms with E-state index in [9.17, 15) is 31.2 Å². The summed E-state index contributed by atoms with van der Waals surface area (Å²) in [5, 5.41) is 12.8. The summed E-state index contributed by atoms with van der Waals surface area (Å²) < 4.78 is 72.6. The quantitative estimate of drug-likeness (QED) is 0.474. The molecule has 37 heavy (non-hydrogen) atoms. The van der Waals surface area contributed by atoms with Crippen LogP contribution in [-0.4, -0.2) is 51.8 Å². The van der Waals surface area contributed by atoms with Crippen molar-refractivity contribution in [1.82, 2.24) is 14.1 Å².